The van der Waals surface area contributed by atoms with Crippen molar-refractivity contribution in [3.8, 4) is 16.8 Å². The van der Waals surface area contributed by atoms with Gasteiger partial charge in [0, 0.05) is 24.4 Å². The largest absolute Gasteiger partial charge is 0.353 e. The summed E-state index contributed by atoms with van der Waals surface area (Å²) in [4.78, 5) is 24.7. The Morgan fingerprint density at radius 3 is 2.44 bits per heavy atom. The molecule has 32 heavy (non-hydrogen) atoms. The number of nitrogens with one attached hydrogen (secondary N) is 2. The highest BCUT2D eigenvalue weighted by Gasteiger charge is 2.23. The molecule has 8 heteroatoms. The number of hydrogen-bond acceptors (Lipinski definition) is 3. The van der Waals surface area contributed by atoms with E-state index in [-0.39, 0.29) is 18.2 Å². The van der Waals surface area contributed by atoms with E-state index in [4.69, 9.17) is 23.2 Å². The second-order valence-electron chi connectivity index (χ2n) is 7.93. The molecule has 2 N–H and O–H groups in total. The monoisotopic (exact) mass is 470 g/mol. The number of carbonyl (C=O) groups is 2. The van der Waals surface area contributed by atoms with E-state index < -0.39 is 0 Å². The fourth-order valence-corrected chi connectivity index (χ4v) is 3.82. The topological polar surface area (TPSA) is 76.0 Å². The first-order valence-electron chi connectivity index (χ1n) is 10.6. The van der Waals surface area contributed by atoms with Crippen molar-refractivity contribution in [2.45, 2.75) is 45.1 Å². The van der Waals surface area contributed by atoms with Gasteiger partial charge >= 0.3 is 0 Å². The molecule has 1 aliphatic carbocycles. The van der Waals surface area contributed by atoms with Gasteiger partial charge in [-0.1, -0.05) is 53.5 Å². The molecule has 1 aromatic heterocycles. The van der Waals surface area contributed by atoms with E-state index in [1.807, 2.05) is 37.3 Å². The fraction of sp³-hybridized carbons (Fsp3) is 0.292. The molecule has 0 unspecified atom stereocenters. The maximum absolute atomic E-state index is 12.8. The molecule has 1 aliphatic rings. The summed E-state index contributed by atoms with van der Waals surface area (Å²) in [6.45, 7) is 1.90. The van der Waals surface area contributed by atoms with Crippen molar-refractivity contribution in [2.24, 2.45) is 0 Å². The second kappa shape index (κ2) is 9.76. The number of carbonyl (C=O) groups excluding carboxylic acids is 2. The van der Waals surface area contributed by atoms with Crippen LogP contribution in [-0.2, 0) is 9.59 Å². The molecule has 4 rings (SSSR count). The van der Waals surface area contributed by atoms with Gasteiger partial charge in [0.2, 0.25) is 11.8 Å². The molecule has 0 aliphatic heterocycles. The van der Waals surface area contributed by atoms with E-state index in [0.29, 0.717) is 40.4 Å². The lowest BCUT2D eigenvalue weighted by atomic mass is 10.1. The average molecular weight is 471 g/mol. The Balaban J connectivity index is 1.58. The number of rotatable bonds is 8. The number of hydrogen-bond donors (Lipinski definition) is 2. The molecular formula is C24H24Cl2N4O2. The first-order chi connectivity index (χ1) is 15.4. The molecule has 0 atom stereocenters. The zero-order valence-corrected chi connectivity index (χ0v) is 19.2. The average Bonchev–Trinajstić information content (AvgIpc) is 3.52. The maximum atomic E-state index is 12.8. The van der Waals surface area contributed by atoms with Gasteiger partial charge in [0.15, 0.2) is 0 Å². The number of aryl methyl sites for hydroxylation is 1. The minimum absolute atomic E-state index is 0.00182. The van der Waals surface area contributed by atoms with Crippen LogP contribution in [0.25, 0.3) is 16.8 Å². The number of anilines is 1. The van der Waals surface area contributed by atoms with Crippen LogP contribution in [0.2, 0.25) is 10.0 Å². The van der Waals surface area contributed by atoms with E-state index in [1.165, 1.54) is 0 Å². The highest BCUT2D eigenvalue weighted by molar-refractivity contribution is 6.42. The van der Waals surface area contributed by atoms with Crippen LogP contribution in [0.15, 0.2) is 48.5 Å². The number of amides is 2. The van der Waals surface area contributed by atoms with Crippen LogP contribution in [0, 0.1) is 6.92 Å². The molecule has 1 heterocycles. The Morgan fingerprint density at radius 1 is 1.03 bits per heavy atom. The zero-order chi connectivity index (χ0) is 22.7. The third kappa shape index (κ3) is 5.31. The third-order valence-electron chi connectivity index (χ3n) is 5.28. The second-order valence-corrected chi connectivity index (χ2v) is 8.74. The maximum Gasteiger partial charge on any atom is 0.225 e. The fourth-order valence-electron chi connectivity index (χ4n) is 3.53. The van der Waals surface area contributed by atoms with Gasteiger partial charge in [0.05, 0.1) is 21.4 Å². The summed E-state index contributed by atoms with van der Waals surface area (Å²) in [5.74, 6) is 0.379. The van der Waals surface area contributed by atoms with Gasteiger partial charge in [-0.3, -0.25) is 9.59 Å². The lowest BCUT2D eigenvalue weighted by Gasteiger charge is -2.12. The quantitative estimate of drug-likeness (QED) is 0.453. The van der Waals surface area contributed by atoms with Gasteiger partial charge in [-0.05, 0) is 49.9 Å². The molecule has 1 saturated carbocycles. The molecule has 0 spiro atoms. The first-order valence-corrected chi connectivity index (χ1v) is 11.4. The van der Waals surface area contributed by atoms with Crippen molar-refractivity contribution >= 4 is 40.8 Å². The first kappa shape index (κ1) is 22.4. The summed E-state index contributed by atoms with van der Waals surface area (Å²) in [5, 5.41) is 11.5. The van der Waals surface area contributed by atoms with Crippen LogP contribution >= 0.6 is 23.2 Å². The van der Waals surface area contributed by atoms with E-state index in [9.17, 15) is 9.59 Å². The molecule has 0 saturated heterocycles. The molecule has 1 fully saturated rings. The summed E-state index contributed by atoms with van der Waals surface area (Å²) >= 11 is 12.3. The molecule has 2 aromatic carbocycles. The molecule has 0 bridgehead atoms. The predicted molar refractivity (Wildman–Crippen MR) is 127 cm³/mol. The predicted octanol–water partition coefficient (Wildman–Crippen LogP) is 5.54. The van der Waals surface area contributed by atoms with Crippen molar-refractivity contribution in [3.63, 3.8) is 0 Å². The summed E-state index contributed by atoms with van der Waals surface area (Å²) in [5.41, 5.74) is 3.22. The lowest BCUT2D eigenvalue weighted by Crippen LogP contribution is -2.25. The highest BCUT2D eigenvalue weighted by Crippen LogP contribution is 2.35. The molecule has 166 valence electrons. The number of nitrogens with zero attached hydrogens (tertiary/aromatic N) is 2. The Bertz CT molecular complexity index is 1140. The summed E-state index contributed by atoms with van der Waals surface area (Å²) in [6.07, 6.45) is 3.14. The standard InChI is InChI=1S/C24H24Cl2N4O2/c1-15-23(16-6-3-2-4-7-16)24(30(29-15)18-12-13-19(25)20(26)14-18)28-22(32)9-5-8-21(31)27-17-10-11-17/h2-4,6-7,12-14,17H,5,8-11H2,1H3,(H,27,31)(H,28,32). The van der Waals surface area contributed by atoms with Gasteiger partial charge < -0.3 is 10.6 Å². The van der Waals surface area contributed by atoms with Gasteiger partial charge in [-0.25, -0.2) is 4.68 Å². The number of aromatic nitrogens is 2. The Hall–Kier alpha value is -2.83. The highest BCUT2D eigenvalue weighted by atomic mass is 35.5. The van der Waals surface area contributed by atoms with E-state index in [0.717, 1.165) is 29.7 Å². The Labute approximate surface area is 196 Å². The minimum Gasteiger partial charge on any atom is -0.353 e. The van der Waals surface area contributed by atoms with Gasteiger partial charge in [0.25, 0.3) is 0 Å². The summed E-state index contributed by atoms with van der Waals surface area (Å²) in [6, 6.07) is 15.3. The molecule has 6 nitrogen and oxygen atoms in total. The zero-order valence-electron chi connectivity index (χ0n) is 17.7. The van der Waals surface area contributed by atoms with Gasteiger partial charge in [-0.2, -0.15) is 5.10 Å². The SMILES string of the molecule is Cc1nn(-c2ccc(Cl)c(Cl)c2)c(NC(=O)CCCC(=O)NC2CC2)c1-c1ccccc1. The van der Waals surface area contributed by atoms with Crippen molar-refractivity contribution in [2.75, 3.05) is 5.32 Å². The minimum atomic E-state index is -0.178. The normalized spacial score (nSPS) is 13.1. The Kier molecular flexibility index (Phi) is 6.82. The van der Waals surface area contributed by atoms with Gasteiger partial charge in [-0.15, -0.1) is 0 Å². The van der Waals surface area contributed by atoms with Crippen LogP contribution in [0.4, 0.5) is 5.82 Å². The van der Waals surface area contributed by atoms with Crippen LogP contribution in [0.5, 0.6) is 0 Å². The number of halogens is 2. The van der Waals surface area contributed by atoms with Crippen LogP contribution in [0.3, 0.4) is 0 Å². The van der Waals surface area contributed by atoms with Crippen LogP contribution in [0.1, 0.15) is 37.8 Å². The lowest BCUT2D eigenvalue weighted by molar-refractivity contribution is -0.121. The summed E-state index contributed by atoms with van der Waals surface area (Å²) in [7, 11) is 0. The smallest absolute Gasteiger partial charge is 0.225 e. The van der Waals surface area contributed by atoms with E-state index in [2.05, 4.69) is 15.7 Å². The molecular weight excluding hydrogens is 447 g/mol. The van der Waals surface area contributed by atoms with Crippen molar-refractivity contribution < 1.29 is 9.59 Å². The van der Waals surface area contributed by atoms with E-state index in [1.54, 1.807) is 22.9 Å². The molecule has 2 amide bonds. The third-order valence-corrected chi connectivity index (χ3v) is 6.02. The van der Waals surface area contributed by atoms with Crippen molar-refractivity contribution in [1.29, 1.82) is 0 Å². The van der Waals surface area contributed by atoms with Crippen molar-refractivity contribution in [3.05, 3.63) is 64.3 Å². The number of benzene rings is 2. The summed E-state index contributed by atoms with van der Waals surface area (Å²) < 4.78 is 1.66. The van der Waals surface area contributed by atoms with Crippen molar-refractivity contribution in [1.82, 2.24) is 15.1 Å². The van der Waals surface area contributed by atoms with Crippen LogP contribution < -0.4 is 10.6 Å². The van der Waals surface area contributed by atoms with Gasteiger partial charge in [0.1, 0.15) is 5.82 Å². The Morgan fingerprint density at radius 2 is 1.75 bits per heavy atom. The van der Waals surface area contributed by atoms with E-state index >= 15 is 0 Å². The van der Waals surface area contributed by atoms with Crippen LogP contribution in [-0.4, -0.2) is 27.6 Å². The molecule has 0 radical (unpaired) electrons. The molecule has 3 aromatic rings.